The molecule has 0 aliphatic rings. The molecule has 2 N–H and O–H groups in total. The summed E-state index contributed by atoms with van der Waals surface area (Å²) in [6.07, 6.45) is 5.81. The van der Waals surface area contributed by atoms with E-state index in [-0.39, 0.29) is 11.3 Å². The Kier molecular flexibility index (Phi) is 10.3. The molecule has 0 rings (SSSR count). The predicted octanol–water partition coefficient (Wildman–Crippen LogP) is 3.06. The molecular weight excluding hydrogens is 180 g/mol. The highest BCUT2D eigenvalue weighted by Gasteiger charge is 2.07. The van der Waals surface area contributed by atoms with Crippen LogP contribution in [0, 0.1) is 0 Å². The zero-order valence-corrected chi connectivity index (χ0v) is 9.11. The number of carbonyl (C=O) groups is 1. The average Bonchev–Trinajstić information content (AvgIpc) is 2.17. The molecular formula is C11H18O3. The monoisotopic (exact) mass is 198 g/mol. The molecule has 0 heterocycles. The van der Waals surface area contributed by atoms with Gasteiger partial charge in [-0.3, -0.25) is 0 Å². The Labute approximate surface area is 85.1 Å². The number of carboxylic acid groups (broad SMARTS) is 1. The lowest BCUT2D eigenvalue weighted by atomic mass is 10.2. The predicted molar refractivity (Wildman–Crippen MR) is 58.3 cm³/mol. The lowest BCUT2D eigenvalue weighted by Crippen LogP contribution is -2.00. The summed E-state index contributed by atoms with van der Waals surface area (Å²) < 4.78 is 0. The van der Waals surface area contributed by atoms with Crippen molar-refractivity contribution in [2.24, 2.45) is 0 Å². The van der Waals surface area contributed by atoms with Gasteiger partial charge in [0.05, 0.1) is 0 Å². The van der Waals surface area contributed by atoms with E-state index in [1.54, 1.807) is 26.0 Å². The molecule has 14 heavy (non-hydrogen) atoms. The van der Waals surface area contributed by atoms with E-state index < -0.39 is 5.97 Å². The van der Waals surface area contributed by atoms with Crippen LogP contribution in [0.25, 0.3) is 0 Å². The first-order valence-corrected chi connectivity index (χ1v) is 4.55. The summed E-state index contributed by atoms with van der Waals surface area (Å²) in [6, 6.07) is 0. The normalized spacial score (nSPS) is 12.3. The van der Waals surface area contributed by atoms with Crippen molar-refractivity contribution in [1.29, 1.82) is 0 Å². The Balaban J connectivity index is 0. The maximum atomic E-state index is 10.5. The molecule has 3 heteroatoms. The fraction of sp³-hybridized carbons (Fsp3) is 0.364. The number of carboxylic acids is 1. The van der Waals surface area contributed by atoms with E-state index in [0.717, 1.165) is 0 Å². The highest BCUT2D eigenvalue weighted by atomic mass is 16.4. The summed E-state index contributed by atoms with van der Waals surface area (Å²) in [7, 11) is 0. The topological polar surface area (TPSA) is 57.5 Å². The van der Waals surface area contributed by atoms with E-state index in [1.165, 1.54) is 12.2 Å². The van der Waals surface area contributed by atoms with Gasteiger partial charge in [0, 0.05) is 0 Å². The molecule has 0 saturated heterocycles. The minimum atomic E-state index is -1.14. The molecule has 0 aliphatic carbocycles. The molecule has 0 aliphatic heterocycles. The van der Waals surface area contributed by atoms with Gasteiger partial charge in [-0.05, 0) is 26.0 Å². The minimum absolute atomic E-state index is 0.101. The van der Waals surface area contributed by atoms with Crippen LogP contribution in [0.4, 0.5) is 0 Å². The van der Waals surface area contributed by atoms with E-state index >= 15 is 0 Å². The van der Waals surface area contributed by atoms with E-state index in [2.05, 4.69) is 0 Å². The molecule has 3 nitrogen and oxygen atoms in total. The quantitative estimate of drug-likeness (QED) is 0.416. The van der Waals surface area contributed by atoms with Crippen molar-refractivity contribution in [1.82, 2.24) is 0 Å². The van der Waals surface area contributed by atoms with Gasteiger partial charge in [-0.15, -0.1) is 0 Å². The second-order valence-corrected chi connectivity index (χ2v) is 2.10. The number of allylic oxidation sites excluding steroid dienone is 3. The van der Waals surface area contributed by atoms with Crippen LogP contribution in [0.3, 0.4) is 0 Å². The SMILES string of the molecule is CC.C\C=C/C(O)=C(\C=C/C)C(=O)O. The summed E-state index contributed by atoms with van der Waals surface area (Å²) >= 11 is 0. The fourth-order valence-electron chi connectivity index (χ4n) is 0.681. The first kappa shape index (κ1) is 15.0. The smallest absolute Gasteiger partial charge is 0.339 e. The van der Waals surface area contributed by atoms with Crippen LogP contribution in [0.1, 0.15) is 27.7 Å². The van der Waals surface area contributed by atoms with Crippen LogP contribution in [-0.2, 0) is 4.79 Å². The Morgan fingerprint density at radius 3 is 1.71 bits per heavy atom. The van der Waals surface area contributed by atoms with Crippen LogP contribution in [-0.4, -0.2) is 16.2 Å². The van der Waals surface area contributed by atoms with Gasteiger partial charge in [0.2, 0.25) is 0 Å². The van der Waals surface area contributed by atoms with Crippen LogP contribution in [0.5, 0.6) is 0 Å². The third-order valence-corrected chi connectivity index (χ3v) is 1.16. The Hall–Kier alpha value is -1.51. The van der Waals surface area contributed by atoms with Crippen LogP contribution in [0.2, 0.25) is 0 Å². The average molecular weight is 198 g/mol. The molecule has 0 radical (unpaired) electrons. The number of rotatable bonds is 3. The molecule has 0 atom stereocenters. The summed E-state index contributed by atoms with van der Waals surface area (Å²) in [4.78, 5) is 10.5. The third-order valence-electron chi connectivity index (χ3n) is 1.16. The molecule has 80 valence electrons. The Morgan fingerprint density at radius 1 is 1.00 bits per heavy atom. The van der Waals surface area contributed by atoms with Gasteiger partial charge in [0.1, 0.15) is 11.3 Å². The first-order chi connectivity index (χ1) is 6.63. The Morgan fingerprint density at radius 2 is 1.43 bits per heavy atom. The summed E-state index contributed by atoms with van der Waals surface area (Å²) in [5.41, 5.74) is -0.101. The van der Waals surface area contributed by atoms with Gasteiger partial charge in [0.25, 0.3) is 0 Å². The number of aliphatic hydroxyl groups is 1. The Bertz CT molecular complexity index is 247. The fourth-order valence-corrected chi connectivity index (χ4v) is 0.681. The number of hydrogen-bond donors (Lipinski definition) is 2. The van der Waals surface area contributed by atoms with Crippen LogP contribution >= 0.6 is 0 Å². The van der Waals surface area contributed by atoms with E-state index in [0.29, 0.717) is 0 Å². The second kappa shape index (κ2) is 9.58. The van der Waals surface area contributed by atoms with Crippen molar-refractivity contribution >= 4 is 5.97 Å². The number of aliphatic carboxylic acids is 1. The number of hydrogen-bond acceptors (Lipinski definition) is 2. The lowest BCUT2D eigenvalue weighted by molar-refractivity contribution is -0.132. The standard InChI is InChI=1S/C9H12O3.C2H6/c1-3-5-7(9(11)12)8(10)6-4-2;1-2/h3-6,10H,1-2H3,(H,11,12);1-2H3/b5-3-,6-4-,8-7-;. The summed E-state index contributed by atoms with van der Waals surface area (Å²) in [6.45, 7) is 7.39. The maximum absolute atomic E-state index is 10.5. The molecule has 0 aromatic rings. The highest BCUT2D eigenvalue weighted by molar-refractivity contribution is 5.90. The lowest BCUT2D eigenvalue weighted by Gasteiger charge is -1.96. The molecule has 0 fully saturated rings. The van der Waals surface area contributed by atoms with Crippen LogP contribution < -0.4 is 0 Å². The van der Waals surface area contributed by atoms with Crippen LogP contribution in [0.15, 0.2) is 35.6 Å². The van der Waals surface area contributed by atoms with Gasteiger partial charge in [-0.25, -0.2) is 4.79 Å². The molecule has 0 amide bonds. The molecule has 0 spiro atoms. The first-order valence-electron chi connectivity index (χ1n) is 4.55. The highest BCUT2D eigenvalue weighted by Crippen LogP contribution is 2.05. The van der Waals surface area contributed by atoms with Gasteiger partial charge >= 0.3 is 5.97 Å². The second-order valence-electron chi connectivity index (χ2n) is 2.10. The summed E-state index contributed by atoms with van der Waals surface area (Å²) in [5.74, 6) is -1.37. The zero-order valence-electron chi connectivity index (χ0n) is 9.11. The molecule has 0 aromatic heterocycles. The minimum Gasteiger partial charge on any atom is -0.507 e. The zero-order chi connectivity index (χ0) is 11.6. The van der Waals surface area contributed by atoms with E-state index in [9.17, 15) is 9.90 Å². The molecule has 0 aromatic carbocycles. The molecule has 0 saturated carbocycles. The van der Waals surface area contributed by atoms with Crippen molar-refractivity contribution in [2.45, 2.75) is 27.7 Å². The van der Waals surface area contributed by atoms with Crippen molar-refractivity contribution < 1.29 is 15.0 Å². The van der Waals surface area contributed by atoms with Gasteiger partial charge in [-0.2, -0.15) is 0 Å². The van der Waals surface area contributed by atoms with Gasteiger partial charge in [0.15, 0.2) is 0 Å². The molecule has 0 unspecified atom stereocenters. The summed E-state index contributed by atoms with van der Waals surface area (Å²) in [5, 5.41) is 17.8. The number of aliphatic hydroxyl groups excluding tert-OH is 1. The molecule has 0 bridgehead atoms. The van der Waals surface area contributed by atoms with Gasteiger partial charge < -0.3 is 10.2 Å². The van der Waals surface area contributed by atoms with Crippen molar-refractivity contribution in [3.8, 4) is 0 Å². The van der Waals surface area contributed by atoms with Gasteiger partial charge in [-0.1, -0.05) is 26.0 Å². The van der Waals surface area contributed by atoms with Crippen molar-refractivity contribution in [3.05, 3.63) is 35.6 Å². The van der Waals surface area contributed by atoms with Crippen molar-refractivity contribution in [2.75, 3.05) is 0 Å². The maximum Gasteiger partial charge on any atom is 0.339 e. The van der Waals surface area contributed by atoms with E-state index in [1.807, 2.05) is 13.8 Å². The van der Waals surface area contributed by atoms with E-state index in [4.69, 9.17) is 5.11 Å². The van der Waals surface area contributed by atoms with Crippen molar-refractivity contribution in [3.63, 3.8) is 0 Å². The third kappa shape index (κ3) is 6.06. The largest absolute Gasteiger partial charge is 0.507 e.